The molecule has 3 heterocycles. The summed E-state index contributed by atoms with van der Waals surface area (Å²) in [5.74, 6) is 0.206. The highest BCUT2D eigenvalue weighted by Gasteiger charge is 2.25. The van der Waals surface area contributed by atoms with Crippen molar-refractivity contribution in [3.63, 3.8) is 0 Å². The van der Waals surface area contributed by atoms with Gasteiger partial charge in [0.15, 0.2) is 0 Å². The van der Waals surface area contributed by atoms with Crippen LogP contribution in [0.2, 0.25) is 0 Å². The standard InChI is InChI=1S/C17H13BrN4O3/c18-11-7-14-17(20-8-11)25-6-5-21(14)16(24)10-22-13-4-2-1-3-12(13)19-9-15(22)23/h1-4,7-9H,5-6,10H2. The second-order valence-corrected chi connectivity index (χ2v) is 6.46. The predicted molar refractivity (Wildman–Crippen MR) is 95.8 cm³/mol. The molecule has 0 spiro atoms. The molecule has 0 bridgehead atoms. The van der Waals surface area contributed by atoms with Gasteiger partial charge in [0.05, 0.1) is 23.8 Å². The average molecular weight is 401 g/mol. The van der Waals surface area contributed by atoms with E-state index >= 15 is 0 Å². The Balaban J connectivity index is 1.72. The fourth-order valence-corrected chi connectivity index (χ4v) is 3.15. The van der Waals surface area contributed by atoms with Crippen LogP contribution < -0.4 is 15.2 Å². The van der Waals surface area contributed by atoms with Crippen molar-refractivity contribution < 1.29 is 9.53 Å². The number of aromatic nitrogens is 3. The van der Waals surface area contributed by atoms with E-state index in [1.165, 1.54) is 10.8 Å². The van der Waals surface area contributed by atoms with Gasteiger partial charge in [-0.25, -0.2) is 9.97 Å². The molecule has 0 atom stereocenters. The van der Waals surface area contributed by atoms with Crippen LogP contribution in [0.5, 0.6) is 5.88 Å². The van der Waals surface area contributed by atoms with Crippen molar-refractivity contribution >= 4 is 38.6 Å². The SMILES string of the molecule is O=C(Cn1c(=O)cnc2ccccc21)N1CCOc2ncc(Br)cc21. The molecule has 2 aromatic heterocycles. The first-order valence-corrected chi connectivity index (χ1v) is 8.46. The number of carbonyl (C=O) groups is 1. The highest BCUT2D eigenvalue weighted by molar-refractivity contribution is 9.10. The Kier molecular flexibility index (Phi) is 3.96. The van der Waals surface area contributed by atoms with Gasteiger partial charge in [0, 0.05) is 10.7 Å². The minimum atomic E-state index is -0.312. The van der Waals surface area contributed by atoms with Crippen LogP contribution in [0, 0.1) is 0 Å². The fraction of sp³-hybridized carbons (Fsp3) is 0.176. The Morgan fingerprint density at radius 3 is 2.96 bits per heavy atom. The normalized spacial score (nSPS) is 13.4. The third kappa shape index (κ3) is 2.89. The molecular formula is C17H13BrN4O3. The summed E-state index contributed by atoms with van der Waals surface area (Å²) in [5, 5.41) is 0. The summed E-state index contributed by atoms with van der Waals surface area (Å²) in [7, 11) is 0. The second kappa shape index (κ2) is 6.29. The monoisotopic (exact) mass is 400 g/mol. The zero-order valence-corrected chi connectivity index (χ0v) is 14.6. The molecule has 0 saturated heterocycles. The molecule has 126 valence electrons. The lowest BCUT2D eigenvalue weighted by molar-refractivity contribution is -0.119. The zero-order valence-electron chi connectivity index (χ0n) is 13.1. The minimum Gasteiger partial charge on any atom is -0.474 e. The number of hydrogen-bond donors (Lipinski definition) is 0. The number of benzene rings is 1. The molecule has 3 aromatic rings. The van der Waals surface area contributed by atoms with Gasteiger partial charge in [-0.2, -0.15) is 0 Å². The van der Waals surface area contributed by atoms with Crippen LogP contribution in [-0.2, 0) is 11.3 Å². The summed E-state index contributed by atoms with van der Waals surface area (Å²) in [6.07, 6.45) is 2.86. The molecule has 1 aliphatic rings. The first-order chi connectivity index (χ1) is 12.1. The Bertz CT molecular complexity index is 1030. The summed E-state index contributed by atoms with van der Waals surface area (Å²) in [6, 6.07) is 9.03. The number of fused-ring (bicyclic) bond motifs is 2. The third-order valence-corrected chi connectivity index (χ3v) is 4.42. The van der Waals surface area contributed by atoms with E-state index in [1.54, 1.807) is 29.3 Å². The molecule has 7 nitrogen and oxygen atoms in total. The first-order valence-electron chi connectivity index (χ1n) is 7.67. The molecule has 0 fully saturated rings. The van der Waals surface area contributed by atoms with Gasteiger partial charge in [-0.3, -0.25) is 14.2 Å². The van der Waals surface area contributed by atoms with Crippen molar-refractivity contribution in [1.29, 1.82) is 0 Å². The molecule has 0 aliphatic carbocycles. The van der Waals surface area contributed by atoms with Gasteiger partial charge in [-0.15, -0.1) is 0 Å². The summed E-state index contributed by atoms with van der Waals surface area (Å²) in [4.78, 5) is 35.0. The van der Waals surface area contributed by atoms with Crippen LogP contribution >= 0.6 is 15.9 Å². The number of hydrogen-bond acceptors (Lipinski definition) is 5. The Labute approximate surface area is 151 Å². The predicted octanol–water partition coefficient (Wildman–Crippen LogP) is 1.98. The third-order valence-electron chi connectivity index (χ3n) is 3.99. The molecule has 0 radical (unpaired) electrons. The number of rotatable bonds is 2. The summed E-state index contributed by atoms with van der Waals surface area (Å²) in [5.41, 5.74) is 1.58. The highest BCUT2D eigenvalue weighted by atomic mass is 79.9. The van der Waals surface area contributed by atoms with Crippen LogP contribution in [0.3, 0.4) is 0 Å². The summed E-state index contributed by atoms with van der Waals surface area (Å²) >= 11 is 3.36. The maximum absolute atomic E-state index is 12.9. The van der Waals surface area contributed by atoms with Crippen molar-refractivity contribution in [2.75, 3.05) is 18.1 Å². The molecule has 8 heteroatoms. The Morgan fingerprint density at radius 1 is 1.24 bits per heavy atom. The molecule has 0 saturated carbocycles. The van der Waals surface area contributed by atoms with Crippen LogP contribution in [0.1, 0.15) is 0 Å². The molecule has 1 aliphatic heterocycles. The van der Waals surface area contributed by atoms with E-state index in [1.807, 2.05) is 12.1 Å². The van der Waals surface area contributed by atoms with E-state index in [0.29, 0.717) is 35.8 Å². The van der Waals surface area contributed by atoms with Gasteiger partial charge < -0.3 is 9.64 Å². The number of anilines is 1. The largest absolute Gasteiger partial charge is 0.474 e. The zero-order chi connectivity index (χ0) is 17.4. The number of para-hydroxylation sites is 2. The molecule has 0 unspecified atom stereocenters. The highest BCUT2D eigenvalue weighted by Crippen LogP contribution is 2.31. The van der Waals surface area contributed by atoms with Crippen LogP contribution in [0.4, 0.5) is 5.69 Å². The lowest BCUT2D eigenvalue weighted by Crippen LogP contribution is -2.41. The molecule has 25 heavy (non-hydrogen) atoms. The molecule has 0 N–H and O–H groups in total. The molecule has 1 amide bonds. The number of carbonyl (C=O) groups excluding carboxylic acids is 1. The van der Waals surface area contributed by atoms with E-state index in [9.17, 15) is 9.59 Å². The van der Waals surface area contributed by atoms with E-state index in [2.05, 4.69) is 25.9 Å². The topological polar surface area (TPSA) is 77.3 Å². The van der Waals surface area contributed by atoms with Crippen molar-refractivity contribution in [2.24, 2.45) is 0 Å². The molecule has 1 aromatic carbocycles. The number of halogens is 1. The van der Waals surface area contributed by atoms with E-state index < -0.39 is 0 Å². The number of pyridine rings is 1. The van der Waals surface area contributed by atoms with Gasteiger partial charge in [0.25, 0.3) is 5.56 Å². The Morgan fingerprint density at radius 2 is 2.08 bits per heavy atom. The van der Waals surface area contributed by atoms with Crippen LogP contribution in [-0.4, -0.2) is 33.6 Å². The molecular weight excluding hydrogens is 388 g/mol. The van der Waals surface area contributed by atoms with Gasteiger partial charge in [-0.05, 0) is 34.1 Å². The maximum Gasteiger partial charge on any atom is 0.269 e. The van der Waals surface area contributed by atoms with E-state index in [4.69, 9.17) is 4.74 Å². The average Bonchev–Trinajstić information content (AvgIpc) is 2.63. The minimum absolute atomic E-state index is 0.0756. The van der Waals surface area contributed by atoms with Crippen molar-refractivity contribution in [3.8, 4) is 5.88 Å². The summed E-state index contributed by atoms with van der Waals surface area (Å²) in [6.45, 7) is 0.689. The number of amides is 1. The quantitative estimate of drug-likeness (QED) is 0.657. The lowest BCUT2D eigenvalue weighted by atomic mass is 10.2. The van der Waals surface area contributed by atoms with Crippen LogP contribution in [0.25, 0.3) is 11.0 Å². The van der Waals surface area contributed by atoms with Gasteiger partial charge in [0.1, 0.15) is 18.8 Å². The van der Waals surface area contributed by atoms with Crippen LogP contribution in [0.15, 0.2) is 52.0 Å². The smallest absolute Gasteiger partial charge is 0.269 e. The van der Waals surface area contributed by atoms with Crippen molar-refractivity contribution in [2.45, 2.75) is 6.54 Å². The first kappa shape index (κ1) is 15.8. The second-order valence-electron chi connectivity index (χ2n) is 5.54. The fourth-order valence-electron chi connectivity index (χ4n) is 2.83. The van der Waals surface area contributed by atoms with Crippen molar-refractivity contribution in [1.82, 2.24) is 14.5 Å². The maximum atomic E-state index is 12.9. The van der Waals surface area contributed by atoms with E-state index in [0.717, 1.165) is 4.47 Å². The van der Waals surface area contributed by atoms with Crippen molar-refractivity contribution in [3.05, 3.63) is 57.6 Å². The van der Waals surface area contributed by atoms with Gasteiger partial charge >= 0.3 is 0 Å². The molecule has 4 rings (SSSR count). The Hall–Kier alpha value is -2.74. The lowest BCUT2D eigenvalue weighted by Gasteiger charge is -2.29. The van der Waals surface area contributed by atoms with Gasteiger partial charge in [-0.1, -0.05) is 12.1 Å². The van der Waals surface area contributed by atoms with E-state index in [-0.39, 0.29) is 18.0 Å². The number of nitrogens with zero attached hydrogens (tertiary/aromatic N) is 4. The summed E-state index contributed by atoms with van der Waals surface area (Å²) < 4.78 is 7.69. The van der Waals surface area contributed by atoms with Gasteiger partial charge in [0.2, 0.25) is 11.8 Å². The number of ether oxygens (including phenoxy) is 1.